The van der Waals surface area contributed by atoms with Gasteiger partial charge >= 0.3 is 0 Å². The highest BCUT2D eigenvalue weighted by Gasteiger charge is 2.30. The lowest BCUT2D eigenvalue weighted by Gasteiger charge is -2.31. The Hall–Kier alpha value is -2.24. The number of halogens is 2. The minimum Gasteiger partial charge on any atom is -0.483 e. The fraction of sp³-hybridized carbons (Fsp3) is 0.440. The second-order valence-electron chi connectivity index (χ2n) is 7.99. The molecular weight excluding hydrogens is 447 g/mol. The second-order valence-corrected chi connectivity index (χ2v) is 8.83. The zero-order valence-corrected chi connectivity index (χ0v) is 20.9. The Balaban J connectivity index is 2.29. The molecule has 0 saturated heterocycles. The third-order valence-electron chi connectivity index (χ3n) is 5.65. The molecule has 0 bridgehead atoms. The molecule has 5 nitrogen and oxygen atoms in total. The maximum absolute atomic E-state index is 13.3. The van der Waals surface area contributed by atoms with Crippen molar-refractivity contribution in [3.05, 3.63) is 63.1 Å². The first kappa shape index (κ1) is 26.0. The molecule has 7 heteroatoms. The predicted octanol–water partition coefficient (Wildman–Crippen LogP) is 5.71. The Morgan fingerprint density at radius 3 is 2.44 bits per heavy atom. The van der Waals surface area contributed by atoms with Gasteiger partial charge in [-0.1, -0.05) is 55.2 Å². The van der Waals surface area contributed by atoms with Crippen LogP contribution in [0.1, 0.15) is 50.3 Å². The van der Waals surface area contributed by atoms with E-state index in [4.69, 9.17) is 27.9 Å². The molecule has 2 aromatic carbocycles. The summed E-state index contributed by atoms with van der Waals surface area (Å²) in [4.78, 5) is 27.8. The van der Waals surface area contributed by atoms with Crippen molar-refractivity contribution in [2.45, 2.75) is 66.1 Å². The number of carbonyl (C=O) groups is 2. The van der Waals surface area contributed by atoms with Crippen molar-refractivity contribution in [3.63, 3.8) is 0 Å². The Labute approximate surface area is 201 Å². The molecular formula is C25H32Cl2N2O3. The summed E-state index contributed by atoms with van der Waals surface area (Å²) < 4.78 is 5.85. The van der Waals surface area contributed by atoms with E-state index in [1.807, 2.05) is 52.8 Å². The zero-order valence-electron chi connectivity index (χ0n) is 19.4. The van der Waals surface area contributed by atoms with E-state index in [0.717, 1.165) is 17.5 Å². The van der Waals surface area contributed by atoms with Gasteiger partial charge in [0.05, 0.1) is 0 Å². The Bertz CT molecular complexity index is 949. The summed E-state index contributed by atoms with van der Waals surface area (Å²) in [6.07, 6.45) is 1.26. The van der Waals surface area contributed by atoms with Gasteiger partial charge in [0.25, 0.3) is 5.91 Å². The monoisotopic (exact) mass is 478 g/mol. The number of hydrogen-bond acceptors (Lipinski definition) is 3. The summed E-state index contributed by atoms with van der Waals surface area (Å²) in [7, 11) is 0. The van der Waals surface area contributed by atoms with Crippen LogP contribution in [0.5, 0.6) is 5.75 Å². The molecule has 0 aliphatic carbocycles. The summed E-state index contributed by atoms with van der Waals surface area (Å²) >= 11 is 12.4. The summed E-state index contributed by atoms with van der Waals surface area (Å²) in [5.74, 6) is 0.176. The number of nitrogens with one attached hydrogen (secondary N) is 1. The maximum Gasteiger partial charge on any atom is 0.261 e. The lowest BCUT2D eigenvalue weighted by atomic mass is 10.1. The molecule has 2 atom stereocenters. The van der Waals surface area contributed by atoms with E-state index in [-0.39, 0.29) is 31.0 Å². The number of benzene rings is 2. The molecule has 2 rings (SSSR count). The average molecular weight is 479 g/mol. The van der Waals surface area contributed by atoms with Crippen molar-refractivity contribution < 1.29 is 14.3 Å². The molecule has 0 heterocycles. The fourth-order valence-corrected chi connectivity index (χ4v) is 3.77. The van der Waals surface area contributed by atoms with Crippen LogP contribution in [-0.2, 0) is 16.1 Å². The molecule has 0 spiro atoms. The normalized spacial score (nSPS) is 12.7. The SMILES string of the molecule is CC[C@H](C)NC(=O)[C@H](CC)N(Cc1ccc(Cl)cc1Cl)C(=O)COc1cccc(C)c1C. The average Bonchev–Trinajstić information content (AvgIpc) is 2.75. The Morgan fingerprint density at radius 1 is 1.09 bits per heavy atom. The van der Waals surface area contributed by atoms with Gasteiger partial charge in [-0.25, -0.2) is 0 Å². The van der Waals surface area contributed by atoms with Crippen molar-refractivity contribution in [2.75, 3.05) is 6.61 Å². The number of rotatable bonds is 10. The van der Waals surface area contributed by atoms with Crippen LogP contribution in [0, 0.1) is 13.8 Å². The first-order valence-corrected chi connectivity index (χ1v) is 11.7. The van der Waals surface area contributed by atoms with Crippen molar-refractivity contribution in [1.82, 2.24) is 10.2 Å². The Kier molecular flexibility index (Phi) is 9.85. The summed E-state index contributed by atoms with van der Waals surface area (Å²) in [5, 5.41) is 3.95. The van der Waals surface area contributed by atoms with Crippen LogP contribution in [0.2, 0.25) is 10.0 Å². The van der Waals surface area contributed by atoms with Crippen LogP contribution < -0.4 is 10.1 Å². The maximum atomic E-state index is 13.3. The molecule has 0 fully saturated rings. The van der Waals surface area contributed by atoms with Crippen LogP contribution in [0.3, 0.4) is 0 Å². The van der Waals surface area contributed by atoms with Crippen LogP contribution in [0.15, 0.2) is 36.4 Å². The van der Waals surface area contributed by atoms with E-state index in [0.29, 0.717) is 27.8 Å². The van der Waals surface area contributed by atoms with Gasteiger partial charge in [-0.2, -0.15) is 0 Å². The van der Waals surface area contributed by atoms with Crippen LogP contribution in [-0.4, -0.2) is 35.4 Å². The van der Waals surface area contributed by atoms with E-state index < -0.39 is 6.04 Å². The first-order valence-electron chi connectivity index (χ1n) is 10.9. The quantitative estimate of drug-likeness (QED) is 0.475. The van der Waals surface area contributed by atoms with Crippen LogP contribution in [0.25, 0.3) is 0 Å². The topological polar surface area (TPSA) is 58.6 Å². The standard InChI is InChI=1S/C25H32Cl2N2O3/c1-6-17(4)28-25(31)22(7-2)29(14-19-11-12-20(26)13-21(19)27)24(30)15-32-23-10-8-9-16(3)18(23)5/h8-13,17,22H,6-7,14-15H2,1-5H3,(H,28,31)/t17-,22-/m0/s1. The lowest BCUT2D eigenvalue weighted by molar-refractivity contribution is -0.143. The number of amides is 2. The third-order valence-corrected chi connectivity index (χ3v) is 6.24. The zero-order chi connectivity index (χ0) is 23.8. The van der Waals surface area contributed by atoms with Gasteiger partial charge in [0.2, 0.25) is 5.91 Å². The molecule has 32 heavy (non-hydrogen) atoms. The minimum absolute atomic E-state index is 0.0128. The van der Waals surface area contributed by atoms with Crippen molar-refractivity contribution in [3.8, 4) is 5.75 Å². The van der Waals surface area contributed by atoms with Crippen molar-refractivity contribution in [1.29, 1.82) is 0 Å². The molecule has 0 aromatic heterocycles. The number of nitrogens with zero attached hydrogens (tertiary/aromatic N) is 1. The van der Waals surface area contributed by atoms with Gasteiger partial charge in [-0.05, 0) is 68.5 Å². The fourth-order valence-electron chi connectivity index (χ4n) is 3.30. The number of aryl methyl sites for hydroxylation is 1. The molecule has 174 valence electrons. The van der Waals surface area contributed by atoms with Gasteiger partial charge in [0, 0.05) is 22.6 Å². The van der Waals surface area contributed by atoms with E-state index in [9.17, 15) is 9.59 Å². The molecule has 2 amide bonds. The molecule has 2 aromatic rings. The molecule has 0 saturated carbocycles. The van der Waals surface area contributed by atoms with E-state index in [1.165, 1.54) is 4.90 Å². The summed E-state index contributed by atoms with van der Waals surface area (Å²) in [6.45, 7) is 9.77. The largest absolute Gasteiger partial charge is 0.483 e. The predicted molar refractivity (Wildman–Crippen MR) is 130 cm³/mol. The van der Waals surface area contributed by atoms with Gasteiger partial charge in [0.15, 0.2) is 6.61 Å². The van der Waals surface area contributed by atoms with Crippen LogP contribution >= 0.6 is 23.2 Å². The third kappa shape index (κ3) is 6.88. The van der Waals surface area contributed by atoms with Crippen LogP contribution in [0.4, 0.5) is 0 Å². The van der Waals surface area contributed by atoms with E-state index in [1.54, 1.807) is 18.2 Å². The van der Waals surface area contributed by atoms with Gasteiger partial charge < -0.3 is 15.0 Å². The molecule has 0 radical (unpaired) electrons. The second kappa shape index (κ2) is 12.1. The van der Waals surface area contributed by atoms with Gasteiger partial charge in [-0.3, -0.25) is 9.59 Å². The molecule has 0 aliphatic heterocycles. The minimum atomic E-state index is -0.648. The smallest absolute Gasteiger partial charge is 0.261 e. The number of ether oxygens (including phenoxy) is 1. The molecule has 1 N–H and O–H groups in total. The summed E-state index contributed by atoms with van der Waals surface area (Å²) in [5.41, 5.74) is 2.78. The van der Waals surface area contributed by atoms with Crippen molar-refractivity contribution in [2.24, 2.45) is 0 Å². The summed E-state index contributed by atoms with van der Waals surface area (Å²) in [6, 6.07) is 10.2. The number of carbonyl (C=O) groups excluding carboxylic acids is 2. The van der Waals surface area contributed by atoms with Gasteiger partial charge in [-0.15, -0.1) is 0 Å². The Morgan fingerprint density at radius 2 is 1.81 bits per heavy atom. The first-order chi connectivity index (χ1) is 15.2. The highest BCUT2D eigenvalue weighted by atomic mass is 35.5. The number of hydrogen-bond donors (Lipinski definition) is 1. The highest BCUT2D eigenvalue weighted by Crippen LogP contribution is 2.25. The highest BCUT2D eigenvalue weighted by molar-refractivity contribution is 6.35. The molecule has 0 unspecified atom stereocenters. The van der Waals surface area contributed by atoms with E-state index >= 15 is 0 Å². The van der Waals surface area contributed by atoms with Crippen molar-refractivity contribution >= 4 is 35.0 Å². The molecule has 0 aliphatic rings. The van der Waals surface area contributed by atoms with Gasteiger partial charge in [0.1, 0.15) is 11.8 Å². The lowest BCUT2D eigenvalue weighted by Crippen LogP contribution is -2.51. The van der Waals surface area contributed by atoms with E-state index in [2.05, 4.69) is 5.32 Å².